The van der Waals surface area contributed by atoms with Crippen LogP contribution in [0.15, 0.2) is 24.5 Å². The molecule has 2 heteroatoms. The van der Waals surface area contributed by atoms with E-state index >= 15 is 4.39 Å². The largest absolute Gasteiger partial charge is 0.216 e. The van der Waals surface area contributed by atoms with Crippen LogP contribution in [0.4, 0.5) is 8.78 Å². The minimum atomic E-state index is 0.113. The van der Waals surface area contributed by atoms with Crippen molar-refractivity contribution >= 4 is 0 Å². The van der Waals surface area contributed by atoms with E-state index in [4.69, 9.17) is 0 Å². The second kappa shape index (κ2) is 7.21. The first-order valence-corrected chi connectivity index (χ1v) is 10.2. The maximum absolute atomic E-state index is 15.2. The average molecular weight is 344 g/mol. The van der Waals surface area contributed by atoms with Gasteiger partial charge in [-0.3, -0.25) is 0 Å². The molecule has 0 aromatic heterocycles. The molecule has 2 fully saturated rings. The highest BCUT2D eigenvalue weighted by Gasteiger charge is 2.36. The summed E-state index contributed by atoms with van der Waals surface area (Å²) in [5.74, 6) is 3.03. The lowest BCUT2D eigenvalue weighted by Gasteiger charge is -2.42. The molecule has 136 valence electrons. The Morgan fingerprint density at radius 2 is 1.80 bits per heavy atom. The fraction of sp³-hybridized carbons (Fsp3) is 0.652. The molecule has 4 rings (SSSR count). The van der Waals surface area contributed by atoms with Crippen molar-refractivity contribution in [1.82, 2.24) is 0 Å². The topological polar surface area (TPSA) is 0 Å². The number of benzene rings is 1. The second-order valence-electron chi connectivity index (χ2n) is 8.88. The van der Waals surface area contributed by atoms with Crippen LogP contribution in [-0.4, -0.2) is 0 Å². The van der Waals surface area contributed by atoms with Gasteiger partial charge in [0.25, 0.3) is 0 Å². The average Bonchev–Trinajstić information content (AvgIpc) is 2.62. The van der Waals surface area contributed by atoms with Gasteiger partial charge < -0.3 is 0 Å². The number of rotatable bonds is 2. The van der Waals surface area contributed by atoms with Crippen molar-refractivity contribution < 1.29 is 8.78 Å². The van der Waals surface area contributed by atoms with Gasteiger partial charge in [0.1, 0.15) is 5.82 Å². The van der Waals surface area contributed by atoms with E-state index in [0.29, 0.717) is 29.6 Å². The lowest BCUT2D eigenvalue weighted by Crippen LogP contribution is -2.30. The maximum atomic E-state index is 15.2. The van der Waals surface area contributed by atoms with Gasteiger partial charge in [-0.1, -0.05) is 25.1 Å². The van der Waals surface area contributed by atoms with Gasteiger partial charge in [0, 0.05) is 0 Å². The molecule has 5 atom stereocenters. The summed E-state index contributed by atoms with van der Waals surface area (Å²) in [6.45, 7) is 2.27. The van der Waals surface area contributed by atoms with Gasteiger partial charge in [0.2, 0.25) is 0 Å². The fourth-order valence-corrected chi connectivity index (χ4v) is 5.81. The third kappa shape index (κ3) is 3.41. The monoisotopic (exact) mass is 344 g/mol. The Kier molecular flexibility index (Phi) is 4.97. The smallest absolute Gasteiger partial charge is 0.130 e. The Bertz CT molecular complexity index is 648. The molecule has 0 nitrogen and oxygen atoms in total. The van der Waals surface area contributed by atoms with Crippen LogP contribution in [0.25, 0.3) is 0 Å². The van der Waals surface area contributed by atoms with Crippen LogP contribution >= 0.6 is 0 Å². The van der Waals surface area contributed by atoms with Crippen LogP contribution in [0.1, 0.15) is 74.5 Å². The first kappa shape index (κ1) is 17.2. The second-order valence-corrected chi connectivity index (χ2v) is 8.88. The number of hydrogen-bond acceptors (Lipinski definition) is 0. The van der Waals surface area contributed by atoms with Gasteiger partial charge in [-0.05, 0) is 104 Å². The lowest BCUT2D eigenvalue weighted by molar-refractivity contribution is 0.132. The Morgan fingerprint density at radius 1 is 1.00 bits per heavy atom. The summed E-state index contributed by atoms with van der Waals surface area (Å²) in [7, 11) is 0. The van der Waals surface area contributed by atoms with Crippen LogP contribution < -0.4 is 0 Å². The summed E-state index contributed by atoms with van der Waals surface area (Å²) in [6, 6.07) is 4.30. The van der Waals surface area contributed by atoms with E-state index in [0.717, 1.165) is 62.4 Å². The van der Waals surface area contributed by atoms with Crippen LogP contribution in [0.2, 0.25) is 0 Å². The molecule has 3 aliphatic carbocycles. The molecule has 3 aliphatic rings. The molecule has 1 aromatic rings. The van der Waals surface area contributed by atoms with Gasteiger partial charge in [0.05, 0.1) is 6.33 Å². The molecule has 0 aliphatic heterocycles. The highest BCUT2D eigenvalue weighted by molar-refractivity contribution is 5.38. The SMILES string of the molecule is CC1CCc2c(ccc(C3CCC4CC(/C=C/F)CCC4C3)c2F)C1. The minimum Gasteiger partial charge on any atom is -0.216 e. The molecule has 2 saturated carbocycles. The summed E-state index contributed by atoms with van der Waals surface area (Å²) in [4.78, 5) is 0. The minimum absolute atomic E-state index is 0.113. The van der Waals surface area contributed by atoms with Crippen molar-refractivity contribution in [2.45, 2.75) is 70.6 Å². The van der Waals surface area contributed by atoms with Crippen molar-refractivity contribution in [3.63, 3.8) is 0 Å². The Morgan fingerprint density at radius 3 is 2.64 bits per heavy atom. The van der Waals surface area contributed by atoms with E-state index in [1.54, 1.807) is 6.08 Å². The van der Waals surface area contributed by atoms with Crippen molar-refractivity contribution in [3.05, 3.63) is 47.0 Å². The molecular weight excluding hydrogens is 314 g/mol. The summed E-state index contributed by atoms with van der Waals surface area (Å²) in [5, 5.41) is 0. The Balaban J connectivity index is 1.49. The molecule has 1 aromatic carbocycles. The number of hydrogen-bond donors (Lipinski definition) is 0. The van der Waals surface area contributed by atoms with Crippen LogP contribution in [0.5, 0.6) is 0 Å². The van der Waals surface area contributed by atoms with Crippen molar-refractivity contribution in [2.75, 3.05) is 0 Å². The zero-order valence-corrected chi connectivity index (χ0v) is 15.3. The quantitative estimate of drug-likeness (QED) is 0.558. The number of allylic oxidation sites excluding steroid dienone is 1. The van der Waals surface area contributed by atoms with E-state index in [2.05, 4.69) is 19.1 Å². The molecule has 0 bridgehead atoms. The van der Waals surface area contributed by atoms with Crippen LogP contribution in [0.3, 0.4) is 0 Å². The zero-order chi connectivity index (χ0) is 17.4. The first-order valence-electron chi connectivity index (χ1n) is 10.2. The van der Waals surface area contributed by atoms with Gasteiger partial charge in [-0.15, -0.1) is 0 Å². The molecule has 0 spiro atoms. The predicted octanol–water partition coefficient (Wildman–Crippen LogP) is 6.73. The summed E-state index contributed by atoms with van der Waals surface area (Å²) in [6.07, 6.45) is 12.3. The third-order valence-electron chi connectivity index (χ3n) is 7.26. The van der Waals surface area contributed by atoms with Crippen LogP contribution in [0, 0.1) is 29.5 Å². The number of fused-ring (bicyclic) bond motifs is 2. The molecule has 0 amide bonds. The van der Waals surface area contributed by atoms with Gasteiger partial charge in [-0.2, -0.15) is 0 Å². The summed E-state index contributed by atoms with van der Waals surface area (Å²) in [5.41, 5.74) is 3.24. The molecule has 0 heterocycles. The molecule has 25 heavy (non-hydrogen) atoms. The van der Waals surface area contributed by atoms with E-state index in [1.807, 2.05) is 0 Å². The highest BCUT2D eigenvalue weighted by atomic mass is 19.1. The van der Waals surface area contributed by atoms with Gasteiger partial charge >= 0.3 is 0 Å². The summed E-state index contributed by atoms with van der Waals surface area (Å²) >= 11 is 0. The molecule has 0 radical (unpaired) electrons. The lowest BCUT2D eigenvalue weighted by atomic mass is 9.63. The maximum Gasteiger partial charge on any atom is 0.130 e. The standard InChI is InChI=1S/C23H30F2/c1-15-2-8-21-19(12-15)7-9-22(23(21)25)20-6-5-17-13-16(10-11-24)3-4-18(17)14-20/h7,9-11,15-18,20H,2-6,8,12-14H2,1H3/b11-10+. The third-order valence-corrected chi connectivity index (χ3v) is 7.26. The normalized spacial score (nSPS) is 35.4. The molecule has 5 unspecified atom stereocenters. The fourth-order valence-electron chi connectivity index (χ4n) is 5.81. The first-order chi connectivity index (χ1) is 12.2. The van der Waals surface area contributed by atoms with Crippen molar-refractivity contribution in [2.24, 2.45) is 23.7 Å². The van der Waals surface area contributed by atoms with Crippen molar-refractivity contribution in [1.29, 1.82) is 0 Å². The van der Waals surface area contributed by atoms with E-state index in [-0.39, 0.29) is 5.82 Å². The van der Waals surface area contributed by atoms with E-state index < -0.39 is 0 Å². The zero-order valence-electron chi connectivity index (χ0n) is 15.3. The van der Waals surface area contributed by atoms with Gasteiger partial charge in [-0.25, -0.2) is 8.78 Å². The van der Waals surface area contributed by atoms with E-state index in [9.17, 15) is 4.39 Å². The van der Waals surface area contributed by atoms with Crippen molar-refractivity contribution in [3.8, 4) is 0 Å². The Labute approximate surface area is 150 Å². The van der Waals surface area contributed by atoms with Crippen LogP contribution in [-0.2, 0) is 12.8 Å². The number of halogens is 2. The molecule has 0 N–H and O–H groups in total. The highest BCUT2D eigenvalue weighted by Crippen LogP contribution is 2.48. The van der Waals surface area contributed by atoms with Gasteiger partial charge in [0.15, 0.2) is 0 Å². The van der Waals surface area contributed by atoms with E-state index in [1.165, 1.54) is 18.4 Å². The molecule has 0 saturated heterocycles. The summed E-state index contributed by atoms with van der Waals surface area (Å²) < 4.78 is 27.7. The Hall–Kier alpha value is -1.18. The molecular formula is C23H30F2. The predicted molar refractivity (Wildman–Crippen MR) is 98.8 cm³/mol.